The third-order valence-electron chi connectivity index (χ3n) is 3.74. The van der Waals surface area contributed by atoms with Crippen molar-refractivity contribution in [1.29, 1.82) is 0 Å². The van der Waals surface area contributed by atoms with Crippen LogP contribution in [0.25, 0.3) is 0 Å². The molecule has 2 aromatic rings. The minimum Gasteiger partial charge on any atom is -0.497 e. The van der Waals surface area contributed by atoms with Crippen LogP contribution in [0.2, 0.25) is 0 Å². The molecule has 112 valence electrons. The van der Waals surface area contributed by atoms with E-state index >= 15 is 0 Å². The van der Waals surface area contributed by atoms with Gasteiger partial charge >= 0.3 is 0 Å². The molecule has 1 aliphatic heterocycles. The average molecular weight is 304 g/mol. The lowest BCUT2D eigenvalue weighted by molar-refractivity contribution is 0.251. The normalized spacial score (nSPS) is 16.1. The van der Waals surface area contributed by atoms with E-state index in [0.29, 0.717) is 5.13 Å². The number of benzene rings is 1. The van der Waals surface area contributed by atoms with Gasteiger partial charge in [0.15, 0.2) is 5.13 Å². The molecule has 5 nitrogen and oxygen atoms in total. The van der Waals surface area contributed by atoms with Gasteiger partial charge < -0.3 is 15.4 Å². The van der Waals surface area contributed by atoms with Crippen LogP contribution in [0.15, 0.2) is 30.5 Å². The third kappa shape index (κ3) is 3.46. The second kappa shape index (κ2) is 6.32. The van der Waals surface area contributed by atoms with Gasteiger partial charge in [0, 0.05) is 55.6 Å². The summed E-state index contributed by atoms with van der Waals surface area (Å²) in [5.74, 6) is 0.912. The van der Waals surface area contributed by atoms with Crippen molar-refractivity contribution in [1.82, 2.24) is 9.88 Å². The highest BCUT2D eigenvalue weighted by Crippen LogP contribution is 2.23. The fourth-order valence-electron chi connectivity index (χ4n) is 2.59. The second-order valence-electron chi connectivity index (χ2n) is 5.13. The van der Waals surface area contributed by atoms with Crippen molar-refractivity contribution < 1.29 is 4.74 Å². The highest BCUT2D eigenvalue weighted by Gasteiger charge is 2.18. The molecule has 0 atom stereocenters. The van der Waals surface area contributed by atoms with Crippen LogP contribution < -0.4 is 15.4 Å². The van der Waals surface area contributed by atoms with Gasteiger partial charge in [0.25, 0.3) is 0 Å². The van der Waals surface area contributed by atoms with Crippen LogP contribution in [0.1, 0.15) is 4.88 Å². The maximum atomic E-state index is 5.68. The van der Waals surface area contributed by atoms with Gasteiger partial charge in [-0.1, -0.05) is 6.07 Å². The lowest BCUT2D eigenvalue weighted by Gasteiger charge is -2.35. The van der Waals surface area contributed by atoms with E-state index < -0.39 is 0 Å². The molecule has 1 aromatic heterocycles. The minimum atomic E-state index is 0.653. The van der Waals surface area contributed by atoms with Gasteiger partial charge in [-0.05, 0) is 12.1 Å². The first-order valence-electron chi connectivity index (χ1n) is 7.06. The van der Waals surface area contributed by atoms with E-state index in [4.69, 9.17) is 10.5 Å². The summed E-state index contributed by atoms with van der Waals surface area (Å²) in [4.78, 5) is 10.2. The Hall–Kier alpha value is -1.79. The molecule has 2 heterocycles. The number of thiazole rings is 1. The van der Waals surface area contributed by atoms with Crippen molar-refractivity contribution in [2.75, 3.05) is 43.9 Å². The molecule has 6 heteroatoms. The summed E-state index contributed by atoms with van der Waals surface area (Å²) in [7, 11) is 1.71. The molecule has 3 rings (SSSR count). The molecule has 0 aliphatic carbocycles. The molecule has 1 aromatic carbocycles. The molecule has 0 radical (unpaired) electrons. The number of nitrogen functional groups attached to an aromatic ring is 1. The van der Waals surface area contributed by atoms with Crippen LogP contribution in [0.5, 0.6) is 5.75 Å². The van der Waals surface area contributed by atoms with Crippen molar-refractivity contribution in [3.8, 4) is 5.75 Å². The molecular weight excluding hydrogens is 284 g/mol. The fraction of sp³-hybridized carbons (Fsp3) is 0.400. The first kappa shape index (κ1) is 14.2. The molecule has 0 unspecified atom stereocenters. The molecule has 0 saturated carbocycles. The molecule has 1 fully saturated rings. The molecule has 0 amide bonds. The number of nitrogens with zero attached hydrogens (tertiary/aromatic N) is 3. The van der Waals surface area contributed by atoms with Gasteiger partial charge in [0.1, 0.15) is 5.75 Å². The van der Waals surface area contributed by atoms with Crippen LogP contribution in [-0.2, 0) is 6.54 Å². The first-order valence-corrected chi connectivity index (χ1v) is 7.88. The Morgan fingerprint density at radius 1 is 1.29 bits per heavy atom. The third-order valence-corrected chi connectivity index (χ3v) is 4.55. The highest BCUT2D eigenvalue weighted by molar-refractivity contribution is 7.15. The van der Waals surface area contributed by atoms with Crippen LogP contribution in [-0.4, -0.2) is 43.2 Å². The van der Waals surface area contributed by atoms with Crippen LogP contribution in [0.3, 0.4) is 0 Å². The Kier molecular flexibility index (Phi) is 4.26. The lowest BCUT2D eigenvalue weighted by Crippen LogP contribution is -2.45. The zero-order valence-corrected chi connectivity index (χ0v) is 13.0. The van der Waals surface area contributed by atoms with Gasteiger partial charge in [-0.3, -0.25) is 4.90 Å². The van der Waals surface area contributed by atoms with Crippen LogP contribution >= 0.6 is 11.3 Å². The molecule has 21 heavy (non-hydrogen) atoms. The number of piperazine rings is 1. The van der Waals surface area contributed by atoms with Gasteiger partial charge in [0.05, 0.1) is 7.11 Å². The number of aromatic nitrogens is 1. The van der Waals surface area contributed by atoms with Gasteiger partial charge in [-0.15, -0.1) is 11.3 Å². The molecule has 1 aliphatic rings. The minimum absolute atomic E-state index is 0.653. The summed E-state index contributed by atoms with van der Waals surface area (Å²) < 4.78 is 5.29. The quantitative estimate of drug-likeness (QED) is 0.937. The number of ether oxygens (including phenoxy) is 1. The largest absolute Gasteiger partial charge is 0.497 e. The Bertz CT molecular complexity index is 593. The number of rotatable bonds is 4. The predicted octanol–water partition coefficient (Wildman–Crippen LogP) is 2.06. The topological polar surface area (TPSA) is 54.6 Å². The van der Waals surface area contributed by atoms with Crippen molar-refractivity contribution in [3.63, 3.8) is 0 Å². The zero-order valence-electron chi connectivity index (χ0n) is 12.2. The number of nitrogens with two attached hydrogens (primary N) is 1. The summed E-state index contributed by atoms with van der Waals surface area (Å²) in [5, 5.41) is 0.653. The predicted molar refractivity (Wildman–Crippen MR) is 87.0 cm³/mol. The van der Waals surface area contributed by atoms with Gasteiger partial charge in [-0.25, -0.2) is 4.98 Å². The van der Waals surface area contributed by atoms with Gasteiger partial charge in [-0.2, -0.15) is 0 Å². The first-order chi connectivity index (χ1) is 10.2. The van der Waals surface area contributed by atoms with Crippen molar-refractivity contribution in [3.05, 3.63) is 35.3 Å². The maximum Gasteiger partial charge on any atom is 0.180 e. The Morgan fingerprint density at radius 2 is 2.10 bits per heavy atom. The summed E-state index contributed by atoms with van der Waals surface area (Å²) in [6.45, 7) is 5.10. The summed E-state index contributed by atoms with van der Waals surface area (Å²) in [6.07, 6.45) is 1.88. The Balaban J connectivity index is 1.57. The summed E-state index contributed by atoms with van der Waals surface area (Å²) in [6, 6.07) is 8.26. The van der Waals surface area contributed by atoms with E-state index in [2.05, 4.69) is 26.9 Å². The summed E-state index contributed by atoms with van der Waals surface area (Å²) >= 11 is 1.58. The smallest absolute Gasteiger partial charge is 0.180 e. The molecule has 1 saturated heterocycles. The second-order valence-corrected chi connectivity index (χ2v) is 6.28. The number of hydrogen-bond donors (Lipinski definition) is 1. The van der Waals surface area contributed by atoms with E-state index in [1.54, 1.807) is 18.4 Å². The lowest BCUT2D eigenvalue weighted by atomic mass is 10.2. The molecule has 0 bridgehead atoms. The van der Waals surface area contributed by atoms with Crippen LogP contribution in [0.4, 0.5) is 10.8 Å². The fourth-order valence-corrected chi connectivity index (χ4v) is 3.31. The average Bonchev–Trinajstić information content (AvgIpc) is 2.93. The van der Waals surface area contributed by atoms with Crippen molar-refractivity contribution in [2.24, 2.45) is 0 Å². The SMILES string of the molecule is COc1cccc(N2CCN(Cc3cnc(N)s3)CC2)c1. The molecule has 0 spiro atoms. The van der Waals surface area contributed by atoms with Crippen molar-refractivity contribution in [2.45, 2.75) is 6.54 Å². The Labute approximate surface area is 129 Å². The van der Waals surface area contributed by atoms with E-state index in [1.807, 2.05) is 18.3 Å². The number of hydrogen-bond acceptors (Lipinski definition) is 6. The number of methoxy groups -OCH3 is 1. The summed E-state index contributed by atoms with van der Waals surface area (Å²) in [5.41, 5.74) is 6.91. The van der Waals surface area contributed by atoms with Crippen LogP contribution in [0, 0.1) is 0 Å². The monoisotopic (exact) mass is 304 g/mol. The van der Waals surface area contributed by atoms with E-state index in [0.717, 1.165) is 38.5 Å². The van der Waals surface area contributed by atoms with Crippen molar-refractivity contribution >= 4 is 22.2 Å². The van der Waals surface area contributed by atoms with E-state index in [-0.39, 0.29) is 0 Å². The zero-order chi connectivity index (χ0) is 14.7. The maximum absolute atomic E-state index is 5.68. The van der Waals surface area contributed by atoms with E-state index in [1.165, 1.54) is 10.6 Å². The van der Waals surface area contributed by atoms with Gasteiger partial charge in [0.2, 0.25) is 0 Å². The highest BCUT2D eigenvalue weighted by atomic mass is 32.1. The standard InChI is InChI=1S/C15H20N4OS/c1-20-13-4-2-3-12(9-13)19-7-5-18(6-8-19)11-14-10-17-15(16)21-14/h2-4,9-10H,5-8,11H2,1H3,(H2,16,17). The molecule has 2 N–H and O–H groups in total. The Morgan fingerprint density at radius 3 is 2.76 bits per heavy atom. The number of anilines is 2. The molecular formula is C15H20N4OS. The van der Waals surface area contributed by atoms with E-state index in [9.17, 15) is 0 Å².